The topological polar surface area (TPSA) is 63.8 Å². The quantitative estimate of drug-likeness (QED) is 0.894. The summed E-state index contributed by atoms with van der Waals surface area (Å²) in [5.41, 5.74) is 2.92. The summed E-state index contributed by atoms with van der Waals surface area (Å²) in [6.45, 7) is 5.89. The Balaban J connectivity index is 2.03. The Bertz CT molecular complexity index is 573. The molecule has 1 unspecified atom stereocenters. The Morgan fingerprint density at radius 3 is 2.95 bits per heavy atom. The number of nitrogens with one attached hydrogen (secondary N) is 1. The van der Waals surface area contributed by atoms with E-state index < -0.39 is 0 Å². The highest BCUT2D eigenvalue weighted by molar-refractivity contribution is 5.61. The maximum absolute atomic E-state index is 5.17. The van der Waals surface area contributed by atoms with E-state index in [1.165, 1.54) is 6.42 Å². The third-order valence-electron chi connectivity index (χ3n) is 3.53. The smallest absolute Gasteiger partial charge is 0.134 e. The molecule has 19 heavy (non-hydrogen) atoms. The van der Waals surface area contributed by atoms with Crippen LogP contribution >= 0.6 is 0 Å². The SMILES string of the molecule is Cc1ncc(-c2cc(C)on2)c(C2CCCNC2)n1. The fourth-order valence-corrected chi connectivity index (χ4v) is 2.57. The number of hydrogen-bond acceptors (Lipinski definition) is 5. The van der Waals surface area contributed by atoms with Crippen molar-refractivity contribution < 1.29 is 4.52 Å². The third kappa shape index (κ3) is 2.51. The van der Waals surface area contributed by atoms with Crippen LogP contribution in [0.15, 0.2) is 16.8 Å². The van der Waals surface area contributed by atoms with Crippen LogP contribution in [-0.2, 0) is 0 Å². The fourth-order valence-electron chi connectivity index (χ4n) is 2.57. The van der Waals surface area contributed by atoms with Gasteiger partial charge >= 0.3 is 0 Å². The summed E-state index contributed by atoms with van der Waals surface area (Å²) >= 11 is 0. The lowest BCUT2D eigenvalue weighted by Gasteiger charge is -2.23. The molecule has 100 valence electrons. The van der Waals surface area contributed by atoms with E-state index in [2.05, 4.69) is 20.4 Å². The predicted molar refractivity (Wildman–Crippen MR) is 71.8 cm³/mol. The minimum absolute atomic E-state index is 0.433. The molecule has 0 spiro atoms. The maximum atomic E-state index is 5.17. The minimum Gasteiger partial charge on any atom is -0.361 e. The Morgan fingerprint density at radius 2 is 2.26 bits per heavy atom. The van der Waals surface area contributed by atoms with Crippen molar-refractivity contribution in [3.63, 3.8) is 0 Å². The Kier molecular flexibility index (Phi) is 3.29. The molecule has 1 N–H and O–H groups in total. The summed E-state index contributed by atoms with van der Waals surface area (Å²) in [4.78, 5) is 8.96. The summed E-state index contributed by atoms with van der Waals surface area (Å²) in [6.07, 6.45) is 4.21. The van der Waals surface area contributed by atoms with Gasteiger partial charge in [0.05, 0.1) is 5.69 Å². The summed E-state index contributed by atoms with van der Waals surface area (Å²) in [7, 11) is 0. The molecule has 1 atom stereocenters. The number of hydrogen-bond donors (Lipinski definition) is 1. The van der Waals surface area contributed by atoms with Crippen LogP contribution in [0.4, 0.5) is 0 Å². The highest BCUT2D eigenvalue weighted by atomic mass is 16.5. The van der Waals surface area contributed by atoms with Crippen LogP contribution in [0.1, 0.15) is 36.0 Å². The van der Waals surface area contributed by atoms with Gasteiger partial charge in [0.1, 0.15) is 17.3 Å². The Morgan fingerprint density at radius 1 is 1.37 bits per heavy atom. The van der Waals surface area contributed by atoms with Crippen LogP contribution in [0.2, 0.25) is 0 Å². The van der Waals surface area contributed by atoms with Crippen LogP contribution in [0.25, 0.3) is 11.3 Å². The van der Waals surface area contributed by atoms with Crippen molar-refractivity contribution in [2.75, 3.05) is 13.1 Å². The van der Waals surface area contributed by atoms with Gasteiger partial charge in [0.15, 0.2) is 0 Å². The molecule has 0 aromatic carbocycles. The van der Waals surface area contributed by atoms with Crippen LogP contribution < -0.4 is 5.32 Å². The van der Waals surface area contributed by atoms with Crippen molar-refractivity contribution >= 4 is 0 Å². The summed E-state index contributed by atoms with van der Waals surface area (Å²) < 4.78 is 5.17. The molecular weight excluding hydrogens is 240 g/mol. The first-order valence-electron chi connectivity index (χ1n) is 6.72. The van der Waals surface area contributed by atoms with Crippen molar-refractivity contribution in [3.8, 4) is 11.3 Å². The van der Waals surface area contributed by atoms with Gasteiger partial charge in [-0.05, 0) is 33.2 Å². The van der Waals surface area contributed by atoms with Crippen LogP contribution in [0.5, 0.6) is 0 Å². The monoisotopic (exact) mass is 258 g/mol. The van der Waals surface area contributed by atoms with Gasteiger partial charge in [-0.2, -0.15) is 0 Å². The molecule has 3 rings (SSSR count). The molecule has 3 heterocycles. The Hall–Kier alpha value is -1.75. The zero-order chi connectivity index (χ0) is 13.2. The first-order valence-corrected chi connectivity index (χ1v) is 6.72. The van der Waals surface area contributed by atoms with Crippen molar-refractivity contribution in [2.45, 2.75) is 32.6 Å². The van der Waals surface area contributed by atoms with Crippen molar-refractivity contribution in [1.82, 2.24) is 20.4 Å². The second kappa shape index (κ2) is 5.09. The zero-order valence-corrected chi connectivity index (χ0v) is 11.3. The molecule has 0 bridgehead atoms. The van der Waals surface area contributed by atoms with E-state index in [1.54, 1.807) is 0 Å². The zero-order valence-electron chi connectivity index (χ0n) is 11.3. The van der Waals surface area contributed by atoms with E-state index in [9.17, 15) is 0 Å². The van der Waals surface area contributed by atoms with Crippen LogP contribution in [0, 0.1) is 13.8 Å². The average molecular weight is 258 g/mol. The van der Waals surface area contributed by atoms with E-state index >= 15 is 0 Å². The van der Waals surface area contributed by atoms with Gasteiger partial charge in [0.25, 0.3) is 0 Å². The predicted octanol–water partition coefficient (Wildman–Crippen LogP) is 2.22. The van der Waals surface area contributed by atoms with Crippen LogP contribution in [0.3, 0.4) is 0 Å². The van der Waals surface area contributed by atoms with Crippen molar-refractivity contribution in [1.29, 1.82) is 0 Å². The molecule has 0 aliphatic carbocycles. The number of rotatable bonds is 2. The number of nitrogens with zero attached hydrogens (tertiary/aromatic N) is 3. The molecule has 5 heteroatoms. The second-order valence-corrected chi connectivity index (χ2v) is 5.08. The third-order valence-corrected chi connectivity index (χ3v) is 3.53. The van der Waals surface area contributed by atoms with Gasteiger partial charge in [-0.15, -0.1) is 0 Å². The molecular formula is C14H18N4O. The summed E-state index contributed by atoms with van der Waals surface area (Å²) in [5.74, 6) is 2.05. The first kappa shape index (κ1) is 12.3. The van der Waals surface area contributed by atoms with Gasteiger partial charge in [0.2, 0.25) is 0 Å². The molecule has 0 amide bonds. The van der Waals surface area contributed by atoms with E-state index in [0.717, 1.165) is 48.0 Å². The largest absolute Gasteiger partial charge is 0.361 e. The van der Waals surface area contributed by atoms with Gasteiger partial charge in [0, 0.05) is 30.3 Å². The number of piperidine rings is 1. The summed E-state index contributed by atoms with van der Waals surface area (Å²) in [6, 6.07) is 1.94. The van der Waals surface area contributed by atoms with E-state index in [1.807, 2.05) is 26.1 Å². The number of aryl methyl sites for hydroxylation is 2. The molecule has 2 aromatic heterocycles. The first-order chi connectivity index (χ1) is 9.24. The van der Waals surface area contributed by atoms with Gasteiger partial charge in [-0.1, -0.05) is 5.16 Å². The van der Waals surface area contributed by atoms with Gasteiger partial charge < -0.3 is 9.84 Å². The van der Waals surface area contributed by atoms with Crippen molar-refractivity contribution in [3.05, 3.63) is 29.5 Å². The van der Waals surface area contributed by atoms with Gasteiger partial charge in [-0.3, -0.25) is 0 Å². The Labute approximate surface area is 112 Å². The summed E-state index contributed by atoms with van der Waals surface area (Å²) in [5, 5.41) is 7.53. The van der Waals surface area contributed by atoms with Crippen molar-refractivity contribution in [2.24, 2.45) is 0 Å². The molecule has 5 nitrogen and oxygen atoms in total. The lowest BCUT2D eigenvalue weighted by molar-refractivity contribution is 0.399. The normalized spacial score (nSPS) is 19.6. The van der Waals surface area contributed by atoms with Gasteiger partial charge in [-0.25, -0.2) is 9.97 Å². The molecule has 0 saturated carbocycles. The lowest BCUT2D eigenvalue weighted by Crippen LogP contribution is -2.29. The molecule has 1 fully saturated rings. The van der Waals surface area contributed by atoms with E-state index in [4.69, 9.17) is 4.52 Å². The maximum Gasteiger partial charge on any atom is 0.134 e. The highest BCUT2D eigenvalue weighted by Crippen LogP contribution is 2.30. The molecule has 2 aromatic rings. The molecule has 1 aliphatic heterocycles. The minimum atomic E-state index is 0.433. The fraction of sp³-hybridized carbons (Fsp3) is 0.500. The molecule has 1 saturated heterocycles. The average Bonchev–Trinajstić information content (AvgIpc) is 2.86. The number of aromatic nitrogens is 3. The lowest BCUT2D eigenvalue weighted by atomic mass is 9.92. The van der Waals surface area contributed by atoms with E-state index in [0.29, 0.717) is 5.92 Å². The van der Waals surface area contributed by atoms with E-state index in [-0.39, 0.29) is 0 Å². The highest BCUT2D eigenvalue weighted by Gasteiger charge is 2.22. The second-order valence-electron chi connectivity index (χ2n) is 5.08. The molecule has 0 radical (unpaired) electrons. The standard InChI is InChI=1S/C14H18N4O/c1-9-6-13(18-19-9)12-8-16-10(2)17-14(12)11-4-3-5-15-7-11/h6,8,11,15H,3-5,7H2,1-2H3. The van der Waals surface area contributed by atoms with Crippen LogP contribution in [-0.4, -0.2) is 28.2 Å². The molecule has 1 aliphatic rings.